The van der Waals surface area contributed by atoms with E-state index in [1.54, 1.807) is 30.1 Å². The molecule has 0 saturated heterocycles. The second kappa shape index (κ2) is 6.91. The maximum Gasteiger partial charge on any atom is 0.280 e. The molecule has 1 fully saturated rings. The number of allylic oxidation sites excluding steroid dienone is 2. The van der Waals surface area contributed by atoms with E-state index in [1.165, 1.54) is 17.0 Å². The lowest BCUT2D eigenvalue weighted by atomic mass is 9.99. The summed E-state index contributed by atoms with van der Waals surface area (Å²) in [7, 11) is 1.74. The Bertz CT molecular complexity index is 1440. The summed E-state index contributed by atoms with van der Waals surface area (Å²) in [6.45, 7) is 0.128. The summed E-state index contributed by atoms with van der Waals surface area (Å²) in [4.78, 5) is 25.5. The minimum atomic E-state index is -2.47. The lowest BCUT2D eigenvalue weighted by molar-refractivity contribution is 0.151. The smallest absolute Gasteiger partial charge is 0.280 e. The van der Waals surface area contributed by atoms with Crippen LogP contribution in [-0.4, -0.2) is 29.2 Å². The summed E-state index contributed by atoms with van der Waals surface area (Å²) >= 11 is 0. The summed E-state index contributed by atoms with van der Waals surface area (Å²) in [6.07, 6.45) is 3.44. The Hall–Kier alpha value is -3.69. The molecule has 32 heavy (non-hydrogen) atoms. The van der Waals surface area contributed by atoms with Crippen LogP contribution in [-0.2, 0) is 13.6 Å². The molecule has 10 heteroatoms. The molecule has 1 saturated carbocycles. The van der Waals surface area contributed by atoms with Gasteiger partial charge in [-0.15, -0.1) is 0 Å². The number of benzene rings is 1. The summed E-state index contributed by atoms with van der Waals surface area (Å²) in [6, 6.07) is 6.55. The van der Waals surface area contributed by atoms with Crippen LogP contribution in [0.1, 0.15) is 41.6 Å². The van der Waals surface area contributed by atoms with Gasteiger partial charge in [0.05, 0.1) is 6.33 Å². The molecule has 162 valence electrons. The van der Waals surface area contributed by atoms with Crippen molar-refractivity contribution in [3.8, 4) is 0 Å². The van der Waals surface area contributed by atoms with E-state index in [0.717, 1.165) is 17.6 Å². The van der Waals surface area contributed by atoms with Gasteiger partial charge in [0, 0.05) is 18.5 Å². The van der Waals surface area contributed by atoms with E-state index in [0.29, 0.717) is 28.8 Å². The molecule has 2 aliphatic carbocycles. The normalized spacial score (nSPS) is 21.9. The Morgan fingerprint density at radius 2 is 2.09 bits per heavy atom. The van der Waals surface area contributed by atoms with Crippen LogP contribution < -0.4 is 5.56 Å². The zero-order valence-electron chi connectivity index (χ0n) is 17.0. The number of alkyl halides is 2. The van der Waals surface area contributed by atoms with Crippen molar-refractivity contribution in [1.82, 2.24) is 29.2 Å². The van der Waals surface area contributed by atoms with Crippen molar-refractivity contribution in [2.75, 3.05) is 0 Å². The van der Waals surface area contributed by atoms with E-state index in [2.05, 4.69) is 26.2 Å². The standard InChI is InChI=1S/C22H18F2N6O2/c1-29-9-25-21-18(29)22(31)30(10-26-21)8-16-27-20(28-32-16)17-14-6-13(7-15(14)17)11-3-2-4-12(5-11)19(23)24/h2-6,9-10,14-15,17,19H,7-8H2,1H3/t14-,15+,17+/m0/s1. The van der Waals surface area contributed by atoms with Crippen molar-refractivity contribution in [3.05, 3.63) is 76.2 Å². The maximum absolute atomic E-state index is 13.0. The van der Waals surface area contributed by atoms with E-state index in [4.69, 9.17) is 4.52 Å². The van der Waals surface area contributed by atoms with Crippen LogP contribution in [0, 0.1) is 11.8 Å². The predicted molar refractivity (Wildman–Crippen MR) is 110 cm³/mol. The van der Waals surface area contributed by atoms with E-state index in [9.17, 15) is 13.6 Å². The molecule has 0 N–H and O–H groups in total. The van der Waals surface area contributed by atoms with Gasteiger partial charge in [-0.1, -0.05) is 29.4 Å². The van der Waals surface area contributed by atoms with Gasteiger partial charge in [0.25, 0.3) is 12.0 Å². The van der Waals surface area contributed by atoms with E-state index in [-0.39, 0.29) is 29.5 Å². The summed E-state index contributed by atoms with van der Waals surface area (Å²) < 4.78 is 34.4. The van der Waals surface area contributed by atoms with E-state index in [1.807, 2.05) is 6.07 Å². The zero-order chi connectivity index (χ0) is 22.0. The molecule has 1 aromatic carbocycles. The number of aromatic nitrogens is 6. The number of halogens is 2. The lowest BCUT2D eigenvalue weighted by Crippen LogP contribution is -2.22. The average Bonchev–Trinajstić information content (AvgIpc) is 3.21. The quantitative estimate of drug-likeness (QED) is 0.477. The molecule has 0 spiro atoms. The third kappa shape index (κ3) is 2.97. The largest absolute Gasteiger partial charge is 0.337 e. The second-order valence-corrected chi connectivity index (χ2v) is 8.34. The first kappa shape index (κ1) is 19.0. The van der Waals surface area contributed by atoms with Gasteiger partial charge in [-0.05, 0) is 35.5 Å². The fourth-order valence-electron chi connectivity index (χ4n) is 4.69. The Morgan fingerprint density at radius 1 is 1.25 bits per heavy atom. The van der Waals surface area contributed by atoms with Gasteiger partial charge in [0.15, 0.2) is 17.0 Å². The SMILES string of the molecule is Cn1cnc2ncn(Cc3nc([C@@H]4[C@H]5C=C(c6cccc(C(F)F)c6)C[C@H]54)no3)c(=O)c21. The molecule has 0 amide bonds. The van der Waals surface area contributed by atoms with Gasteiger partial charge >= 0.3 is 0 Å². The first-order valence-corrected chi connectivity index (χ1v) is 10.3. The van der Waals surface area contributed by atoms with Gasteiger partial charge in [0.1, 0.15) is 12.9 Å². The first-order chi connectivity index (χ1) is 15.5. The second-order valence-electron chi connectivity index (χ2n) is 8.34. The molecular weight excluding hydrogens is 418 g/mol. The van der Waals surface area contributed by atoms with Crippen molar-refractivity contribution < 1.29 is 13.3 Å². The van der Waals surface area contributed by atoms with Crippen LogP contribution in [0.4, 0.5) is 8.78 Å². The minimum Gasteiger partial charge on any atom is -0.337 e. The van der Waals surface area contributed by atoms with Gasteiger partial charge in [-0.25, -0.2) is 18.7 Å². The number of nitrogens with zero attached hydrogens (tertiary/aromatic N) is 6. The topological polar surface area (TPSA) is 91.6 Å². The fourth-order valence-corrected chi connectivity index (χ4v) is 4.69. The lowest BCUT2D eigenvalue weighted by Gasteiger charge is -2.08. The molecule has 0 aliphatic heterocycles. The Balaban J connectivity index is 1.19. The Kier molecular flexibility index (Phi) is 4.11. The third-order valence-corrected chi connectivity index (χ3v) is 6.38. The Labute approximate surface area is 180 Å². The summed E-state index contributed by atoms with van der Waals surface area (Å²) in [5, 5.41) is 4.12. The van der Waals surface area contributed by atoms with Crippen LogP contribution in [0.3, 0.4) is 0 Å². The fraction of sp³-hybridized carbons (Fsp3) is 0.318. The molecule has 0 radical (unpaired) electrons. The third-order valence-electron chi connectivity index (χ3n) is 6.38. The van der Waals surface area contributed by atoms with Gasteiger partial charge < -0.3 is 9.09 Å². The van der Waals surface area contributed by atoms with E-state index < -0.39 is 6.43 Å². The number of hydrogen-bond donors (Lipinski definition) is 0. The molecule has 3 atom stereocenters. The molecular formula is C22H18F2N6O2. The number of fused-ring (bicyclic) bond motifs is 2. The number of hydrogen-bond acceptors (Lipinski definition) is 6. The summed E-state index contributed by atoms with van der Waals surface area (Å²) in [5.74, 6) is 1.74. The summed E-state index contributed by atoms with van der Waals surface area (Å²) in [5.41, 5.74) is 2.56. The highest BCUT2D eigenvalue weighted by molar-refractivity contribution is 5.71. The maximum atomic E-state index is 13.0. The molecule has 2 aliphatic rings. The van der Waals surface area contributed by atoms with Gasteiger partial charge in [-0.3, -0.25) is 9.36 Å². The minimum absolute atomic E-state index is 0.0392. The van der Waals surface area contributed by atoms with Crippen LogP contribution in [0.2, 0.25) is 0 Å². The van der Waals surface area contributed by atoms with E-state index >= 15 is 0 Å². The van der Waals surface area contributed by atoms with Crippen LogP contribution in [0.5, 0.6) is 0 Å². The first-order valence-electron chi connectivity index (χ1n) is 10.3. The molecule has 3 heterocycles. The van der Waals surface area contributed by atoms with Crippen LogP contribution >= 0.6 is 0 Å². The van der Waals surface area contributed by atoms with Gasteiger partial charge in [-0.2, -0.15) is 4.98 Å². The van der Waals surface area contributed by atoms with Gasteiger partial charge in [0.2, 0.25) is 5.89 Å². The van der Waals surface area contributed by atoms with Crippen LogP contribution in [0.15, 0.2) is 52.3 Å². The highest BCUT2D eigenvalue weighted by Gasteiger charge is 2.55. The molecule has 4 aromatic rings. The average molecular weight is 436 g/mol. The highest BCUT2D eigenvalue weighted by Crippen LogP contribution is 2.62. The molecule has 8 nitrogen and oxygen atoms in total. The van der Waals surface area contributed by atoms with Crippen molar-refractivity contribution >= 4 is 16.7 Å². The Morgan fingerprint density at radius 3 is 2.88 bits per heavy atom. The van der Waals surface area contributed by atoms with Crippen molar-refractivity contribution in [2.24, 2.45) is 18.9 Å². The number of rotatable bonds is 5. The molecule has 6 rings (SSSR count). The predicted octanol–water partition coefficient (Wildman–Crippen LogP) is 3.32. The highest BCUT2D eigenvalue weighted by atomic mass is 19.3. The van der Waals surface area contributed by atoms with Crippen molar-refractivity contribution in [1.29, 1.82) is 0 Å². The number of aryl methyl sites for hydroxylation is 1. The van der Waals surface area contributed by atoms with Crippen molar-refractivity contribution in [3.63, 3.8) is 0 Å². The molecule has 3 aromatic heterocycles. The number of imidazole rings is 1. The van der Waals surface area contributed by atoms with Crippen molar-refractivity contribution in [2.45, 2.75) is 25.3 Å². The van der Waals surface area contributed by atoms with Crippen LogP contribution in [0.25, 0.3) is 16.7 Å². The monoisotopic (exact) mass is 436 g/mol. The molecule has 0 unspecified atom stereocenters. The zero-order valence-corrected chi connectivity index (χ0v) is 17.0. The molecule has 0 bridgehead atoms.